The number of anilines is 2. The molecule has 2 aromatic rings. The average Bonchev–Trinajstić information content (AvgIpc) is 2.88. The van der Waals surface area contributed by atoms with Crippen molar-refractivity contribution in [1.29, 1.82) is 0 Å². The van der Waals surface area contributed by atoms with E-state index in [0.29, 0.717) is 17.8 Å². The van der Waals surface area contributed by atoms with E-state index in [0.717, 1.165) is 5.56 Å². The Morgan fingerprint density at radius 2 is 2.05 bits per heavy atom. The highest BCUT2D eigenvalue weighted by atomic mass is 16.4. The second-order valence-electron chi connectivity index (χ2n) is 4.73. The maximum absolute atomic E-state index is 12.4. The minimum atomic E-state index is -1.02. The molecule has 2 N–H and O–H groups in total. The zero-order valence-corrected chi connectivity index (χ0v) is 11.1. The van der Waals surface area contributed by atoms with E-state index in [4.69, 9.17) is 0 Å². The van der Waals surface area contributed by atoms with Gasteiger partial charge in [0.25, 0.3) is 0 Å². The maximum Gasteiger partial charge on any atom is 0.327 e. The third kappa shape index (κ3) is 2.43. The Labute approximate surface area is 121 Å². The first kappa shape index (κ1) is 13.1. The molecule has 106 valence electrons. The summed E-state index contributed by atoms with van der Waals surface area (Å²) in [6.07, 6.45) is 3.42. The molecular weight excluding hydrogens is 270 g/mol. The lowest BCUT2D eigenvalue weighted by atomic mass is 10.1. The number of rotatable bonds is 2. The molecule has 0 spiro atoms. The molecule has 3 rings (SSSR count). The number of aliphatic carboxylic acids is 1. The normalized spacial score (nSPS) is 16.4. The largest absolute Gasteiger partial charge is 0.480 e. The number of carboxylic acid groups (broad SMARTS) is 1. The van der Waals surface area contributed by atoms with Crippen LogP contribution in [0.1, 0.15) is 5.56 Å². The number of carbonyl (C=O) groups is 2. The highest BCUT2D eigenvalue weighted by Gasteiger charge is 2.38. The van der Waals surface area contributed by atoms with Crippen LogP contribution in [0.2, 0.25) is 0 Å². The molecule has 0 fully saturated rings. The summed E-state index contributed by atoms with van der Waals surface area (Å²) in [5.74, 6) is -1.02. The first-order valence-electron chi connectivity index (χ1n) is 6.48. The second-order valence-corrected chi connectivity index (χ2v) is 4.73. The molecule has 6 heteroatoms. The molecule has 1 aromatic carbocycles. The lowest BCUT2D eigenvalue weighted by Crippen LogP contribution is -2.45. The quantitative estimate of drug-likeness (QED) is 0.884. The van der Waals surface area contributed by atoms with E-state index in [-0.39, 0.29) is 0 Å². The Hall–Kier alpha value is -2.89. The van der Waals surface area contributed by atoms with Gasteiger partial charge in [-0.2, -0.15) is 0 Å². The summed E-state index contributed by atoms with van der Waals surface area (Å²) in [6.45, 7) is 0. The van der Waals surface area contributed by atoms with Crippen LogP contribution < -0.4 is 10.2 Å². The molecule has 6 nitrogen and oxygen atoms in total. The standard InChI is InChI=1S/C15H13N3O3/c19-14(20)13-8-10-4-1-2-6-12(10)18(13)15(21)17-11-5-3-7-16-9-11/h1-7,9,13H,8H2,(H,17,21)(H,19,20)/t13-/m0/s1. The summed E-state index contributed by atoms with van der Waals surface area (Å²) in [6, 6.07) is 9.24. The Kier molecular flexibility index (Phi) is 3.27. The van der Waals surface area contributed by atoms with Gasteiger partial charge < -0.3 is 10.4 Å². The summed E-state index contributed by atoms with van der Waals surface area (Å²) in [5, 5.41) is 12.0. The van der Waals surface area contributed by atoms with Gasteiger partial charge in [-0.25, -0.2) is 9.59 Å². The Balaban J connectivity index is 1.91. The molecule has 0 bridgehead atoms. The third-order valence-electron chi connectivity index (χ3n) is 3.39. The number of carboxylic acids is 1. The van der Waals surface area contributed by atoms with Crippen molar-refractivity contribution in [1.82, 2.24) is 4.98 Å². The number of nitrogens with zero attached hydrogens (tertiary/aromatic N) is 2. The van der Waals surface area contributed by atoms with Gasteiger partial charge in [-0.05, 0) is 23.8 Å². The second kappa shape index (κ2) is 5.24. The van der Waals surface area contributed by atoms with E-state index < -0.39 is 18.0 Å². The first-order valence-corrected chi connectivity index (χ1v) is 6.48. The molecule has 0 radical (unpaired) electrons. The minimum absolute atomic E-state index is 0.311. The lowest BCUT2D eigenvalue weighted by Gasteiger charge is -2.22. The Morgan fingerprint density at radius 1 is 1.24 bits per heavy atom. The van der Waals surface area contributed by atoms with Crippen LogP contribution >= 0.6 is 0 Å². The van der Waals surface area contributed by atoms with Crippen molar-refractivity contribution in [3.63, 3.8) is 0 Å². The molecule has 21 heavy (non-hydrogen) atoms. The van der Waals surface area contributed by atoms with Gasteiger partial charge in [0.2, 0.25) is 0 Å². The summed E-state index contributed by atoms with van der Waals surface area (Å²) in [5.41, 5.74) is 2.01. The number of hydrogen-bond acceptors (Lipinski definition) is 3. The van der Waals surface area contributed by atoms with E-state index in [2.05, 4.69) is 10.3 Å². The number of benzene rings is 1. The van der Waals surface area contributed by atoms with Crippen molar-refractivity contribution in [3.8, 4) is 0 Å². The summed E-state index contributed by atoms with van der Waals surface area (Å²) >= 11 is 0. The first-order chi connectivity index (χ1) is 10.2. The number of aromatic nitrogens is 1. The lowest BCUT2D eigenvalue weighted by molar-refractivity contribution is -0.138. The molecule has 1 atom stereocenters. The molecule has 0 saturated carbocycles. The van der Waals surface area contributed by atoms with Gasteiger partial charge in [0.1, 0.15) is 6.04 Å². The van der Waals surface area contributed by atoms with Crippen LogP contribution in [-0.4, -0.2) is 28.1 Å². The summed E-state index contributed by atoms with van der Waals surface area (Å²) in [7, 11) is 0. The third-order valence-corrected chi connectivity index (χ3v) is 3.39. The van der Waals surface area contributed by atoms with Crippen LogP contribution in [0.5, 0.6) is 0 Å². The molecule has 1 aliphatic rings. The monoisotopic (exact) mass is 283 g/mol. The smallest absolute Gasteiger partial charge is 0.327 e. The van der Waals surface area contributed by atoms with Gasteiger partial charge in [0.05, 0.1) is 11.9 Å². The Morgan fingerprint density at radius 3 is 2.76 bits per heavy atom. The van der Waals surface area contributed by atoms with Gasteiger partial charge in [0.15, 0.2) is 0 Å². The number of nitrogens with one attached hydrogen (secondary N) is 1. The molecule has 2 heterocycles. The van der Waals surface area contributed by atoms with Crippen molar-refractivity contribution in [2.75, 3.05) is 10.2 Å². The van der Waals surface area contributed by atoms with E-state index in [1.165, 1.54) is 11.1 Å². The average molecular weight is 283 g/mol. The molecule has 2 amide bonds. The van der Waals surface area contributed by atoms with E-state index >= 15 is 0 Å². The number of para-hydroxylation sites is 1. The van der Waals surface area contributed by atoms with Crippen molar-refractivity contribution in [2.24, 2.45) is 0 Å². The van der Waals surface area contributed by atoms with Crippen LogP contribution in [0.15, 0.2) is 48.8 Å². The van der Waals surface area contributed by atoms with E-state index in [1.807, 2.05) is 12.1 Å². The molecule has 0 unspecified atom stereocenters. The highest BCUT2D eigenvalue weighted by Crippen LogP contribution is 2.32. The van der Waals surface area contributed by atoms with Gasteiger partial charge in [-0.1, -0.05) is 18.2 Å². The van der Waals surface area contributed by atoms with Crippen LogP contribution in [0.4, 0.5) is 16.2 Å². The zero-order valence-electron chi connectivity index (χ0n) is 11.1. The molecule has 0 aliphatic carbocycles. The number of hydrogen-bond donors (Lipinski definition) is 2. The van der Waals surface area contributed by atoms with Crippen LogP contribution in [0.25, 0.3) is 0 Å². The summed E-state index contributed by atoms with van der Waals surface area (Å²) < 4.78 is 0. The van der Waals surface area contributed by atoms with Crippen molar-refractivity contribution < 1.29 is 14.7 Å². The highest BCUT2D eigenvalue weighted by molar-refractivity contribution is 6.07. The van der Waals surface area contributed by atoms with Gasteiger partial charge in [-0.15, -0.1) is 0 Å². The number of urea groups is 1. The van der Waals surface area contributed by atoms with Crippen molar-refractivity contribution in [2.45, 2.75) is 12.5 Å². The fraction of sp³-hybridized carbons (Fsp3) is 0.133. The molecule has 1 aliphatic heterocycles. The van der Waals surface area contributed by atoms with E-state index in [1.54, 1.807) is 30.5 Å². The number of amides is 2. The fourth-order valence-electron chi connectivity index (χ4n) is 2.46. The number of fused-ring (bicyclic) bond motifs is 1. The number of pyridine rings is 1. The maximum atomic E-state index is 12.4. The van der Waals surface area contributed by atoms with Gasteiger partial charge in [0, 0.05) is 18.3 Å². The van der Waals surface area contributed by atoms with Crippen LogP contribution in [0, 0.1) is 0 Å². The molecule has 0 saturated heterocycles. The van der Waals surface area contributed by atoms with Crippen LogP contribution in [0.3, 0.4) is 0 Å². The topological polar surface area (TPSA) is 82.5 Å². The Bertz CT molecular complexity index is 688. The van der Waals surface area contributed by atoms with Crippen molar-refractivity contribution >= 4 is 23.4 Å². The zero-order chi connectivity index (χ0) is 14.8. The SMILES string of the molecule is O=C(O)[C@@H]1Cc2ccccc2N1C(=O)Nc1cccnc1. The van der Waals surface area contributed by atoms with Gasteiger partial charge >= 0.3 is 12.0 Å². The van der Waals surface area contributed by atoms with Gasteiger partial charge in [-0.3, -0.25) is 9.88 Å². The summed E-state index contributed by atoms with van der Waals surface area (Å²) in [4.78, 5) is 29.0. The van der Waals surface area contributed by atoms with Crippen molar-refractivity contribution in [3.05, 3.63) is 54.4 Å². The predicted octanol–water partition coefficient (Wildman–Crippen LogP) is 2.13. The minimum Gasteiger partial charge on any atom is -0.480 e. The van der Waals surface area contributed by atoms with Crippen LogP contribution in [-0.2, 0) is 11.2 Å². The molecule has 1 aromatic heterocycles. The fourth-order valence-corrected chi connectivity index (χ4v) is 2.46. The number of carbonyl (C=O) groups excluding carboxylic acids is 1. The predicted molar refractivity (Wildman–Crippen MR) is 77.3 cm³/mol. The van der Waals surface area contributed by atoms with E-state index in [9.17, 15) is 14.7 Å². The molecular formula is C15H13N3O3.